The van der Waals surface area contributed by atoms with Crippen LogP contribution < -0.4 is 4.74 Å². The van der Waals surface area contributed by atoms with Gasteiger partial charge in [0.15, 0.2) is 0 Å². The van der Waals surface area contributed by atoms with E-state index in [1.54, 1.807) is 6.20 Å². The number of alkyl halides is 1. The van der Waals surface area contributed by atoms with Crippen molar-refractivity contribution in [2.24, 2.45) is 0 Å². The van der Waals surface area contributed by atoms with Crippen LogP contribution in [0.5, 0.6) is 5.75 Å². The summed E-state index contributed by atoms with van der Waals surface area (Å²) in [6, 6.07) is 10.0. The molecule has 4 heteroatoms. The number of nitrogens with zero attached hydrogens (tertiary/aromatic N) is 1. The topological polar surface area (TPSA) is 31.4 Å². The number of fused-ring (bicyclic) bond motifs is 1. The van der Waals surface area contributed by atoms with E-state index in [1.807, 2.05) is 24.3 Å². The van der Waals surface area contributed by atoms with Crippen LogP contribution in [0.15, 0.2) is 36.5 Å². The van der Waals surface area contributed by atoms with Gasteiger partial charge in [0.25, 0.3) is 0 Å². The molecule has 0 aliphatic heterocycles. The van der Waals surface area contributed by atoms with E-state index in [0.29, 0.717) is 4.83 Å². The van der Waals surface area contributed by atoms with Gasteiger partial charge in [-0.15, -0.1) is 0 Å². The third-order valence-electron chi connectivity index (χ3n) is 3.56. The molecule has 0 amide bonds. The van der Waals surface area contributed by atoms with Gasteiger partial charge in [-0.25, -0.2) is 0 Å². The third-order valence-corrected chi connectivity index (χ3v) is 4.45. The van der Waals surface area contributed by atoms with Crippen molar-refractivity contribution in [3.63, 3.8) is 0 Å². The van der Waals surface area contributed by atoms with Gasteiger partial charge in [0, 0.05) is 35.5 Å². The molecule has 1 aromatic carbocycles. The Labute approximate surface area is 127 Å². The van der Waals surface area contributed by atoms with E-state index in [0.717, 1.165) is 36.1 Å². The maximum absolute atomic E-state index is 6.04. The quantitative estimate of drug-likeness (QED) is 0.775. The Morgan fingerprint density at radius 1 is 1.35 bits per heavy atom. The van der Waals surface area contributed by atoms with E-state index in [-0.39, 0.29) is 12.2 Å². The summed E-state index contributed by atoms with van der Waals surface area (Å²) in [7, 11) is 0. The second kappa shape index (κ2) is 6.10. The highest BCUT2D eigenvalue weighted by Crippen LogP contribution is 2.34. The summed E-state index contributed by atoms with van der Waals surface area (Å²) >= 11 is 3.63. The molecule has 106 valence electrons. The number of halogens is 1. The van der Waals surface area contributed by atoms with Crippen LogP contribution in [0.4, 0.5) is 0 Å². The lowest BCUT2D eigenvalue weighted by molar-refractivity contribution is -0.0761. The maximum atomic E-state index is 6.04. The minimum atomic E-state index is 0.132. The van der Waals surface area contributed by atoms with E-state index in [9.17, 15) is 0 Å². The van der Waals surface area contributed by atoms with Gasteiger partial charge in [-0.05, 0) is 24.6 Å². The molecular formula is C16H18BrNO2. The van der Waals surface area contributed by atoms with Crippen molar-refractivity contribution in [1.29, 1.82) is 0 Å². The fourth-order valence-electron chi connectivity index (χ4n) is 2.40. The van der Waals surface area contributed by atoms with Gasteiger partial charge in [0.1, 0.15) is 18.0 Å². The van der Waals surface area contributed by atoms with Crippen molar-refractivity contribution in [3.05, 3.63) is 36.5 Å². The van der Waals surface area contributed by atoms with Gasteiger partial charge in [0.05, 0.1) is 5.52 Å². The molecule has 1 saturated carbocycles. The second-order valence-corrected chi connectivity index (χ2v) is 6.28. The van der Waals surface area contributed by atoms with Crippen molar-refractivity contribution < 1.29 is 9.47 Å². The summed E-state index contributed by atoms with van der Waals surface area (Å²) in [5, 5.41) is 1.13. The van der Waals surface area contributed by atoms with Gasteiger partial charge in [0.2, 0.25) is 0 Å². The molecule has 2 aromatic rings. The fraction of sp³-hybridized carbons (Fsp3) is 0.438. The smallest absolute Gasteiger partial charge is 0.127 e. The Morgan fingerprint density at radius 3 is 3.05 bits per heavy atom. The molecule has 3 nitrogen and oxygen atoms in total. The Hall–Kier alpha value is -1.13. The number of ether oxygens (including phenoxy) is 2. The molecule has 0 radical (unpaired) electrons. The van der Waals surface area contributed by atoms with E-state index >= 15 is 0 Å². The Kier molecular flexibility index (Phi) is 4.22. The molecule has 0 saturated heterocycles. The van der Waals surface area contributed by atoms with E-state index in [1.165, 1.54) is 0 Å². The van der Waals surface area contributed by atoms with E-state index < -0.39 is 0 Å². The molecule has 0 bridgehead atoms. The summed E-state index contributed by atoms with van der Waals surface area (Å²) in [5.74, 6) is 0.866. The predicted octanol–water partition coefficient (Wildman–Crippen LogP) is 3.94. The van der Waals surface area contributed by atoms with Crippen LogP contribution in [0.3, 0.4) is 0 Å². The van der Waals surface area contributed by atoms with Crippen LogP contribution in [0.1, 0.15) is 19.8 Å². The molecule has 1 aromatic heterocycles. The Bertz CT molecular complexity index is 589. The third kappa shape index (κ3) is 2.81. The Morgan fingerprint density at radius 2 is 2.25 bits per heavy atom. The van der Waals surface area contributed by atoms with Gasteiger partial charge in [-0.1, -0.05) is 28.9 Å². The van der Waals surface area contributed by atoms with Crippen molar-refractivity contribution in [2.45, 2.75) is 36.8 Å². The van der Waals surface area contributed by atoms with Crippen LogP contribution in [-0.2, 0) is 4.74 Å². The minimum absolute atomic E-state index is 0.132. The van der Waals surface area contributed by atoms with Crippen LogP contribution in [-0.4, -0.2) is 28.6 Å². The van der Waals surface area contributed by atoms with Crippen LogP contribution in [0.25, 0.3) is 10.9 Å². The lowest BCUT2D eigenvalue weighted by Gasteiger charge is -2.40. The van der Waals surface area contributed by atoms with Crippen molar-refractivity contribution in [3.8, 4) is 5.75 Å². The average Bonchev–Trinajstić information content (AvgIpc) is 2.47. The number of aromatic nitrogens is 1. The highest BCUT2D eigenvalue weighted by molar-refractivity contribution is 9.09. The standard InChI is InChI=1S/C16H18BrNO2/c1-2-8-19-16-13(17)10-15(16)20-12-6-5-11-4-3-7-18-14(11)9-12/h3-7,9,13,15-16H,2,8,10H2,1H3. The van der Waals surface area contributed by atoms with Gasteiger partial charge in [-0.3, -0.25) is 4.98 Å². The van der Waals surface area contributed by atoms with Gasteiger partial charge in [-0.2, -0.15) is 0 Å². The molecule has 3 unspecified atom stereocenters. The molecule has 0 N–H and O–H groups in total. The lowest BCUT2D eigenvalue weighted by atomic mass is 9.91. The van der Waals surface area contributed by atoms with E-state index in [4.69, 9.17) is 9.47 Å². The molecule has 1 heterocycles. The number of hydrogen-bond acceptors (Lipinski definition) is 3. The summed E-state index contributed by atoms with van der Waals surface area (Å²) in [5.41, 5.74) is 0.964. The number of hydrogen-bond donors (Lipinski definition) is 0. The van der Waals surface area contributed by atoms with E-state index in [2.05, 4.69) is 33.9 Å². The fourth-order valence-corrected chi connectivity index (χ4v) is 3.26. The number of rotatable bonds is 5. The first-order valence-corrected chi connectivity index (χ1v) is 7.96. The van der Waals surface area contributed by atoms with Crippen LogP contribution in [0.2, 0.25) is 0 Å². The highest BCUT2D eigenvalue weighted by atomic mass is 79.9. The molecule has 1 fully saturated rings. The zero-order valence-corrected chi connectivity index (χ0v) is 13.0. The van der Waals surface area contributed by atoms with Gasteiger partial charge < -0.3 is 9.47 Å². The number of pyridine rings is 1. The zero-order chi connectivity index (χ0) is 13.9. The minimum Gasteiger partial charge on any atom is -0.488 e. The van der Waals surface area contributed by atoms with Crippen molar-refractivity contribution in [1.82, 2.24) is 4.98 Å². The van der Waals surface area contributed by atoms with Crippen molar-refractivity contribution in [2.75, 3.05) is 6.61 Å². The average molecular weight is 336 g/mol. The molecular weight excluding hydrogens is 318 g/mol. The van der Waals surface area contributed by atoms with Crippen molar-refractivity contribution >= 4 is 26.8 Å². The summed E-state index contributed by atoms with van der Waals surface area (Å²) in [6.45, 7) is 2.90. The van der Waals surface area contributed by atoms with Crippen LogP contribution >= 0.6 is 15.9 Å². The maximum Gasteiger partial charge on any atom is 0.127 e. The summed E-state index contributed by atoms with van der Waals surface area (Å²) < 4.78 is 11.9. The SMILES string of the molecule is CCCOC1C(Br)CC1Oc1ccc2cccnc2c1. The first kappa shape index (κ1) is 13.8. The predicted molar refractivity (Wildman–Crippen MR) is 83.5 cm³/mol. The molecule has 1 aliphatic rings. The molecule has 0 spiro atoms. The first-order valence-electron chi connectivity index (χ1n) is 7.05. The normalized spacial score (nSPS) is 25.4. The summed E-state index contributed by atoms with van der Waals surface area (Å²) in [6.07, 6.45) is 4.09. The molecule has 20 heavy (non-hydrogen) atoms. The summed E-state index contributed by atoms with van der Waals surface area (Å²) in [4.78, 5) is 4.76. The second-order valence-electron chi connectivity index (χ2n) is 5.10. The molecule has 3 rings (SSSR count). The van der Waals surface area contributed by atoms with Crippen LogP contribution in [0, 0.1) is 0 Å². The van der Waals surface area contributed by atoms with Gasteiger partial charge >= 0.3 is 0 Å². The largest absolute Gasteiger partial charge is 0.488 e. The highest BCUT2D eigenvalue weighted by Gasteiger charge is 2.42. The monoisotopic (exact) mass is 335 g/mol. The zero-order valence-electron chi connectivity index (χ0n) is 11.5. The lowest BCUT2D eigenvalue weighted by Crippen LogP contribution is -2.52. The first-order chi connectivity index (χ1) is 9.78. The number of benzene rings is 1. The molecule has 3 atom stereocenters. The Balaban J connectivity index is 1.69. The molecule has 1 aliphatic carbocycles.